The van der Waals surface area contributed by atoms with Crippen molar-refractivity contribution in [3.63, 3.8) is 0 Å². The van der Waals surface area contributed by atoms with Crippen molar-refractivity contribution in [3.05, 3.63) is 0 Å². The third kappa shape index (κ3) is 4.55. The maximum Gasteiger partial charge on any atom is 0.00698 e. The molecule has 2 heteroatoms. The number of rotatable bonds is 6. The van der Waals surface area contributed by atoms with Crippen LogP contribution >= 0.6 is 0 Å². The molecule has 0 aromatic heterocycles. The molecule has 2 fully saturated rings. The summed E-state index contributed by atoms with van der Waals surface area (Å²) < 4.78 is 0. The van der Waals surface area contributed by atoms with Crippen molar-refractivity contribution < 1.29 is 0 Å². The first-order valence-electron chi connectivity index (χ1n) is 8.21. The van der Waals surface area contributed by atoms with Crippen molar-refractivity contribution >= 4 is 0 Å². The van der Waals surface area contributed by atoms with E-state index >= 15 is 0 Å². The standard InChI is InChI=1S/C16H32N2/c1-14(2)15-7-5-8-16(13-15)17-9-6-12-18-10-3-4-11-18/h14-17H,3-13H2,1-2H3. The van der Waals surface area contributed by atoms with Gasteiger partial charge in [0.15, 0.2) is 0 Å². The Morgan fingerprint density at radius 2 is 1.89 bits per heavy atom. The fourth-order valence-electron chi connectivity index (χ4n) is 3.63. The molecule has 18 heavy (non-hydrogen) atoms. The lowest BCUT2D eigenvalue weighted by Gasteiger charge is -2.32. The molecule has 2 atom stereocenters. The largest absolute Gasteiger partial charge is 0.314 e. The normalized spacial score (nSPS) is 30.2. The highest BCUT2D eigenvalue weighted by molar-refractivity contribution is 4.79. The Bertz CT molecular complexity index is 221. The minimum atomic E-state index is 0.810. The summed E-state index contributed by atoms with van der Waals surface area (Å²) in [6.07, 6.45) is 9.91. The fraction of sp³-hybridized carbons (Fsp3) is 1.00. The monoisotopic (exact) mass is 252 g/mol. The Balaban J connectivity index is 1.55. The van der Waals surface area contributed by atoms with Gasteiger partial charge in [0.05, 0.1) is 0 Å². The topological polar surface area (TPSA) is 15.3 Å². The zero-order valence-electron chi connectivity index (χ0n) is 12.5. The van der Waals surface area contributed by atoms with Gasteiger partial charge in [-0.25, -0.2) is 0 Å². The van der Waals surface area contributed by atoms with Crippen LogP contribution in [-0.2, 0) is 0 Å². The summed E-state index contributed by atoms with van der Waals surface area (Å²) in [7, 11) is 0. The number of likely N-dealkylation sites (tertiary alicyclic amines) is 1. The Kier molecular flexibility index (Phi) is 5.97. The van der Waals surface area contributed by atoms with Crippen LogP contribution in [0.5, 0.6) is 0 Å². The maximum absolute atomic E-state index is 3.80. The van der Waals surface area contributed by atoms with Crippen LogP contribution in [-0.4, -0.2) is 37.1 Å². The van der Waals surface area contributed by atoms with Gasteiger partial charge >= 0.3 is 0 Å². The van der Waals surface area contributed by atoms with Crippen LogP contribution in [0.2, 0.25) is 0 Å². The van der Waals surface area contributed by atoms with Crippen LogP contribution in [0, 0.1) is 11.8 Å². The zero-order valence-corrected chi connectivity index (χ0v) is 12.5. The molecule has 0 bridgehead atoms. The van der Waals surface area contributed by atoms with Crippen molar-refractivity contribution in [2.24, 2.45) is 11.8 Å². The minimum Gasteiger partial charge on any atom is -0.314 e. The van der Waals surface area contributed by atoms with Gasteiger partial charge in [-0.1, -0.05) is 26.7 Å². The molecule has 0 amide bonds. The predicted octanol–water partition coefficient (Wildman–Crippen LogP) is 3.28. The molecule has 0 aromatic carbocycles. The molecule has 1 N–H and O–H groups in total. The number of nitrogens with one attached hydrogen (secondary N) is 1. The average molecular weight is 252 g/mol. The predicted molar refractivity (Wildman–Crippen MR) is 78.9 cm³/mol. The highest BCUT2D eigenvalue weighted by Gasteiger charge is 2.23. The summed E-state index contributed by atoms with van der Waals surface area (Å²) in [5.74, 6) is 1.84. The molecular weight excluding hydrogens is 220 g/mol. The summed E-state index contributed by atoms with van der Waals surface area (Å²) in [6, 6.07) is 0.810. The molecule has 1 aliphatic carbocycles. The lowest BCUT2D eigenvalue weighted by Crippen LogP contribution is -2.37. The minimum absolute atomic E-state index is 0.810. The van der Waals surface area contributed by atoms with E-state index in [-0.39, 0.29) is 0 Å². The Labute approximate surface area is 114 Å². The number of hydrogen-bond acceptors (Lipinski definition) is 2. The van der Waals surface area contributed by atoms with Crippen molar-refractivity contribution in [3.8, 4) is 0 Å². The number of hydrogen-bond donors (Lipinski definition) is 1. The second-order valence-electron chi connectivity index (χ2n) is 6.72. The first-order valence-corrected chi connectivity index (χ1v) is 8.21. The van der Waals surface area contributed by atoms with E-state index < -0.39 is 0 Å². The first-order chi connectivity index (χ1) is 8.75. The lowest BCUT2D eigenvalue weighted by molar-refractivity contribution is 0.229. The van der Waals surface area contributed by atoms with Gasteiger partial charge in [0.25, 0.3) is 0 Å². The molecule has 0 spiro atoms. The molecule has 1 saturated carbocycles. The summed E-state index contributed by atoms with van der Waals surface area (Å²) in [4.78, 5) is 2.62. The highest BCUT2D eigenvalue weighted by atomic mass is 15.1. The van der Waals surface area contributed by atoms with Crippen LogP contribution in [0.1, 0.15) is 58.8 Å². The van der Waals surface area contributed by atoms with Gasteiger partial charge in [-0.15, -0.1) is 0 Å². The summed E-state index contributed by atoms with van der Waals surface area (Å²) in [5, 5.41) is 3.80. The molecule has 0 radical (unpaired) electrons. The van der Waals surface area contributed by atoms with Gasteiger partial charge in [-0.2, -0.15) is 0 Å². The Morgan fingerprint density at radius 3 is 2.61 bits per heavy atom. The molecule has 2 rings (SSSR count). The molecule has 106 valence electrons. The first kappa shape index (κ1) is 14.3. The highest BCUT2D eigenvalue weighted by Crippen LogP contribution is 2.29. The van der Waals surface area contributed by atoms with Crippen LogP contribution in [0.15, 0.2) is 0 Å². The van der Waals surface area contributed by atoms with Crippen molar-refractivity contribution in [2.45, 2.75) is 64.8 Å². The van der Waals surface area contributed by atoms with E-state index in [1.54, 1.807) is 0 Å². The summed E-state index contributed by atoms with van der Waals surface area (Å²) in [5.41, 5.74) is 0. The second-order valence-corrected chi connectivity index (χ2v) is 6.72. The summed E-state index contributed by atoms with van der Waals surface area (Å²) >= 11 is 0. The average Bonchev–Trinajstić information content (AvgIpc) is 2.88. The Hall–Kier alpha value is -0.0800. The molecule has 2 aliphatic rings. The molecular formula is C16H32N2. The maximum atomic E-state index is 3.80. The van der Waals surface area contributed by atoms with Crippen molar-refractivity contribution in [2.75, 3.05) is 26.2 Å². The van der Waals surface area contributed by atoms with E-state index in [1.165, 1.54) is 71.1 Å². The molecule has 2 nitrogen and oxygen atoms in total. The van der Waals surface area contributed by atoms with Gasteiger partial charge in [-0.3, -0.25) is 0 Å². The van der Waals surface area contributed by atoms with E-state index in [0.717, 1.165) is 17.9 Å². The zero-order chi connectivity index (χ0) is 12.8. The van der Waals surface area contributed by atoms with Crippen LogP contribution in [0.3, 0.4) is 0 Å². The van der Waals surface area contributed by atoms with E-state index in [0.29, 0.717) is 0 Å². The van der Waals surface area contributed by atoms with Crippen molar-refractivity contribution in [1.82, 2.24) is 10.2 Å². The Morgan fingerprint density at radius 1 is 1.11 bits per heavy atom. The summed E-state index contributed by atoms with van der Waals surface area (Å²) in [6.45, 7) is 10.0. The van der Waals surface area contributed by atoms with Crippen molar-refractivity contribution in [1.29, 1.82) is 0 Å². The second kappa shape index (κ2) is 7.49. The molecule has 0 aromatic rings. The van der Waals surface area contributed by atoms with E-state index in [1.807, 2.05) is 0 Å². The van der Waals surface area contributed by atoms with Crippen LogP contribution in [0.25, 0.3) is 0 Å². The SMILES string of the molecule is CC(C)C1CCCC(NCCCN2CCCC2)C1. The quantitative estimate of drug-likeness (QED) is 0.730. The van der Waals surface area contributed by atoms with Gasteiger partial charge in [0, 0.05) is 6.04 Å². The van der Waals surface area contributed by atoms with Gasteiger partial charge in [-0.05, 0) is 70.1 Å². The third-order valence-corrected chi connectivity index (χ3v) is 4.94. The molecule has 1 saturated heterocycles. The van der Waals surface area contributed by atoms with Crippen LogP contribution in [0.4, 0.5) is 0 Å². The van der Waals surface area contributed by atoms with E-state index in [2.05, 4.69) is 24.1 Å². The molecule has 1 aliphatic heterocycles. The smallest absolute Gasteiger partial charge is 0.00698 e. The lowest BCUT2D eigenvalue weighted by atomic mass is 9.79. The third-order valence-electron chi connectivity index (χ3n) is 4.94. The fourth-order valence-corrected chi connectivity index (χ4v) is 3.63. The van der Waals surface area contributed by atoms with Gasteiger partial charge in [0.1, 0.15) is 0 Å². The van der Waals surface area contributed by atoms with Gasteiger partial charge in [0.2, 0.25) is 0 Å². The van der Waals surface area contributed by atoms with E-state index in [4.69, 9.17) is 0 Å². The van der Waals surface area contributed by atoms with E-state index in [9.17, 15) is 0 Å². The van der Waals surface area contributed by atoms with Gasteiger partial charge < -0.3 is 10.2 Å². The molecule has 1 heterocycles. The van der Waals surface area contributed by atoms with Crippen LogP contribution < -0.4 is 5.32 Å². The number of nitrogens with zero attached hydrogens (tertiary/aromatic N) is 1. The molecule has 2 unspecified atom stereocenters.